The molecule has 0 aromatic heterocycles. The molecule has 21 heavy (non-hydrogen) atoms. The Kier molecular flexibility index (Phi) is 7.01. The number of ether oxygens (including phenoxy) is 1. The van der Waals surface area contributed by atoms with E-state index in [1.54, 1.807) is 14.2 Å². The summed E-state index contributed by atoms with van der Waals surface area (Å²) in [5.41, 5.74) is 0.884. The summed E-state index contributed by atoms with van der Waals surface area (Å²) in [4.78, 5) is 23.8. The number of aliphatic carboxylic acids is 1. The van der Waals surface area contributed by atoms with Crippen LogP contribution >= 0.6 is 15.9 Å². The van der Waals surface area contributed by atoms with Crippen molar-refractivity contribution in [3.8, 4) is 5.75 Å². The van der Waals surface area contributed by atoms with Crippen molar-refractivity contribution in [2.24, 2.45) is 0 Å². The first kappa shape index (κ1) is 17.3. The van der Waals surface area contributed by atoms with E-state index in [1.807, 2.05) is 18.2 Å². The molecule has 0 unspecified atom stereocenters. The number of carboxylic acid groups (broad SMARTS) is 1. The number of rotatable bonds is 7. The Morgan fingerprint density at radius 1 is 1.43 bits per heavy atom. The molecule has 1 rings (SSSR count). The molecule has 0 atom stereocenters. The van der Waals surface area contributed by atoms with Gasteiger partial charge in [0.05, 0.1) is 13.7 Å². The van der Waals surface area contributed by atoms with Crippen LogP contribution in [0, 0.1) is 0 Å². The number of nitrogens with one attached hydrogen (secondary N) is 1. The molecule has 0 aliphatic rings. The minimum absolute atomic E-state index is 0.0451. The van der Waals surface area contributed by atoms with Gasteiger partial charge in [0.1, 0.15) is 5.75 Å². The van der Waals surface area contributed by atoms with E-state index in [1.165, 1.54) is 4.90 Å². The molecule has 116 valence electrons. The Morgan fingerprint density at radius 3 is 2.76 bits per heavy atom. The molecule has 7 heteroatoms. The molecule has 2 N–H and O–H groups in total. The molecule has 0 fully saturated rings. The molecule has 0 radical (unpaired) electrons. The summed E-state index contributed by atoms with van der Waals surface area (Å²) in [6.45, 7) is 0.735. The zero-order chi connectivity index (χ0) is 15.8. The molecular formula is C14H19BrN2O4. The molecular weight excluding hydrogens is 340 g/mol. The van der Waals surface area contributed by atoms with Crippen LogP contribution in [0.1, 0.15) is 18.4 Å². The van der Waals surface area contributed by atoms with Crippen LogP contribution < -0.4 is 10.1 Å². The first-order valence-electron chi connectivity index (χ1n) is 6.47. The maximum absolute atomic E-state index is 11.9. The van der Waals surface area contributed by atoms with Gasteiger partial charge in [-0.3, -0.25) is 4.79 Å². The van der Waals surface area contributed by atoms with Crippen molar-refractivity contribution in [3.05, 3.63) is 28.2 Å². The van der Waals surface area contributed by atoms with E-state index in [0.29, 0.717) is 25.3 Å². The zero-order valence-corrected chi connectivity index (χ0v) is 13.6. The fourth-order valence-electron chi connectivity index (χ4n) is 1.77. The van der Waals surface area contributed by atoms with Crippen LogP contribution in [0.15, 0.2) is 22.7 Å². The molecule has 0 bridgehead atoms. The number of nitrogens with zero attached hydrogens (tertiary/aromatic N) is 1. The number of benzene rings is 1. The van der Waals surface area contributed by atoms with Crippen molar-refractivity contribution < 1.29 is 19.4 Å². The molecule has 0 aliphatic carbocycles. The normalized spacial score (nSPS) is 10.0. The van der Waals surface area contributed by atoms with Crippen LogP contribution in [-0.4, -0.2) is 42.7 Å². The molecule has 2 amide bonds. The fourth-order valence-corrected chi connectivity index (χ4v) is 2.18. The van der Waals surface area contributed by atoms with E-state index in [4.69, 9.17) is 9.84 Å². The predicted octanol–water partition coefficient (Wildman–Crippen LogP) is 2.46. The molecule has 0 heterocycles. The second-order valence-corrected chi connectivity index (χ2v) is 5.46. The summed E-state index contributed by atoms with van der Waals surface area (Å²) in [5.74, 6) is -0.153. The number of methoxy groups -OCH3 is 1. The summed E-state index contributed by atoms with van der Waals surface area (Å²) in [6, 6.07) is 5.35. The molecule has 0 saturated heterocycles. The average Bonchev–Trinajstić information content (AvgIpc) is 2.43. The van der Waals surface area contributed by atoms with Crippen molar-refractivity contribution in [2.45, 2.75) is 19.4 Å². The van der Waals surface area contributed by atoms with Gasteiger partial charge in [0.15, 0.2) is 0 Å². The van der Waals surface area contributed by atoms with Crippen LogP contribution in [-0.2, 0) is 11.3 Å². The van der Waals surface area contributed by atoms with Crippen molar-refractivity contribution in [2.75, 3.05) is 20.7 Å². The van der Waals surface area contributed by atoms with E-state index < -0.39 is 5.97 Å². The highest BCUT2D eigenvalue weighted by atomic mass is 79.9. The van der Waals surface area contributed by atoms with Gasteiger partial charge in [0, 0.05) is 30.0 Å². The third kappa shape index (κ3) is 6.03. The Morgan fingerprint density at radius 2 is 2.14 bits per heavy atom. The Bertz CT molecular complexity index is 508. The quantitative estimate of drug-likeness (QED) is 0.733. The number of hydrogen-bond acceptors (Lipinski definition) is 3. The highest BCUT2D eigenvalue weighted by molar-refractivity contribution is 9.10. The average molecular weight is 359 g/mol. The van der Waals surface area contributed by atoms with Gasteiger partial charge in [0.25, 0.3) is 0 Å². The van der Waals surface area contributed by atoms with Crippen LogP contribution in [0.5, 0.6) is 5.75 Å². The molecule has 0 spiro atoms. The summed E-state index contributed by atoms with van der Waals surface area (Å²) < 4.78 is 6.17. The topological polar surface area (TPSA) is 78.9 Å². The second kappa shape index (κ2) is 8.51. The minimum Gasteiger partial charge on any atom is -0.496 e. The lowest BCUT2D eigenvalue weighted by Gasteiger charge is -2.19. The second-order valence-electron chi connectivity index (χ2n) is 4.54. The van der Waals surface area contributed by atoms with Gasteiger partial charge in [-0.1, -0.05) is 15.9 Å². The van der Waals surface area contributed by atoms with Gasteiger partial charge >= 0.3 is 12.0 Å². The fraction of sp³-hybridized carbons (Fsp3) is 0.429. The number of carbonyl (C=O) groups is 2. The largest absolute Gasteiger partial charge is 0.496 e. The van der Waals surface area contributed by atoms with E-state index in [2.05, 4.69) is 21.2 Å². The molecule has 1 aromatic rings. The van der Waals surface area contributed by atoms with E-state index >= 15 is 0 Å². The number of carbonyl (C=O) groups excluding carboxylic acids is 1. The smallest absolute Gasteiger partial charge is 0.317 e. The SMILES string of the molecule is COc1ccc(Br)cc1CN(C)C(=O)NCCCC(=O)O. The van der Waals surface area contributed by atoms with Crippen molar-refractivity contribution in [1.82, 2.24) is 10.2 Å². The molecule has 1 aromatic carbocycles. The van der Waals surface area contributed by atoms with Crippen molar-refractivity contribution >= 4 is 27.9 Å². The summed E-state index contributed by atoms with van der Waals surface area (Å²) in [6.07, 6.45) is 0.457. The number of halogens is 1. The van der Waals surface area contributed by atoms with Gasteiger partial charge in [0.2, 0.25) is 0 Å². The third-order valence-electron chi connectivity index (χ3n) is 2.84. The van der Waals surface area contributed by atoms with Crippen molar-refractivity contribution in [1.29, 1.82) is 0 Å². The van der Waals surface area contributed by atoms with Crippen LogP contribution in [0.25, 0.3) is 0 Å². The van der Waals surface area contributed by atoms with E-state index in [9.17, 15) is 9.59 Å². The Balaban J connectivity index is 2.52. The van der Waals surface area contributed by atoms with Gasteiger partial charge in [-0.15, -0.1) is 0 Å². The standard InChI is InChI=1S/C14H19BrN2O4/c1-17(14(20)16-7-3-4-13(18)19)9-10-8-11(15)5-6-12(10)21-2/h5-6,8H,3-4,7,9H2,1-2H3,(H,16,20)(H,18,19). The number of amides is 2. The highest BCUT2D eigenvalue weighted by Crippen LogP contribution is 2.23. The molecule has 6 nitrogen and oxygen atoms in total. The number of urea groups is 1. The number of carboxylic acids is 1. The Labute approximate surface area is 132 Å². The lowest BCUT2D eigenvalue weighted by atomic mass is 10.2. The number of hydrogen-bond donors (Lipinski definition) is 2. The summed E-state index contributed by atoms with van der Waals surface area (Å²) in [5, 5.41) is 11.2. The molecule has 0 aliphatic heterocycles. The van der Waals surface area contributed by atoms with Gasteiger partial charge in [-0.25, -0.2) is 4.79 Å². The zero-order valence-electron chi connectivity index (χ0n) is 12.1. The maximum atomic E-state index is 11.9. The monoisotopic (exact) mass is 358 g/mol. The Hall–Kier alpha value is -1.76. The molecule has 0 saturated carbocycles. The first-order chi connectivity index (χ1) is 9.93. The lowest BCUT2D eigenvalue weighted by Crippen LogP contribution is -2.37. The minimum atomic E-state index is -0.864. The lowest BCUT2D eigenvalue weighted by molar-refractivity contribution is -0.137. The van der Waals surface area contributed by atoms with Crippen molar-refractivity contribution in [3.63, 3.8) is 0 Å². The van der Waals surface area contributed by atoms with Gasteiger partial charge in [-0.05, 0) is 24.6 Å². The van der Waals surface area contributed by atoms with Crippen LogP contribution in [0.2, 0.25) is 0 Å². The highest BCUT2D eigenvalue weighted by Gasteiger charge is 2.12. The van der Waals surface area contributed by atoms with Crippen LogP contribution in [0.3, 0.4) is 0 Å². The first-order valence-corrected chi connectivity index (χ1v) is 7.26. The predicted molar refractivity (Wildman–Crippen MR) is 82.4 cm³/mol. The maximum Gasteiger partial charge on any atom is 0.317 e. The summed E-state index contributed by atoms with van der Waals surface area (Å²) in [7, 11) is 3.26. The van der Waals surface area contributed by atoms with Crippen LogP contribution in [0.4, 0.5) is 4.79 Å². The van der Waals surface area contributed by atoms with E-state index in [-0.39, 0.29) is 12.5 Å². The summed E-state index contributed by atoms with van der Waals surface area (Å²) >= 11 is 3.39. The third-order valence-corrected chi connectivity index (χ3v) is 3.33. The van der Waals surface area contributed by atoms with Gasteiger partial charge < -0.3 is 20.1 Å². The van der Waals surface area contributed by atoms with Gasteiger partial charge in [-0.2, -0.15) is 0 Å². The van der Waals surface area contributed by atoms with E-state index in [0.717, 1.165) is 10.0 Å².